The molecule has 0 aromatic heterocycles. The lowest BCUT2D eigenvalue weighted by Crippen LogP contribution is -1.93. The van der Waals surface area contributed by atoms with E-state index in [0.717, 1.165) is 11.3 Å². The molecule has 2 aromatic rings. The van der Waals surface area contributed by atoms with Gasteiger partial charge in [0.15, 0.2) is 0 Å². The van der Waals surface area contributed by atoms with E-state index < -0.39 is 0 Å². The van der Waals surface area contributed by atoms with Gasteiger partial charge in [-0.05, 0) is 23.3 Å². The van der Waals surface area contributed by atoms with Crippen molar-refractivity contribution in [1.29, 1.82) is 0 Å². The Morgan fingerprint density at radius 1 is 1.00 bits per heavy atom. The quantitative estimate of drug-likeness (QED) is 0.379. The topological polar surface area (TPSA) is 32.6 Å². The summed E-state index contributed by atoms with van der Waals surface area (Å²) in [5.41, 5.74) is 2.35. The highest BCUT2D eigenvalue weighted by molar-refractivity contribution is 7.98. The molecular formula is C15H14ClNOS. The van der Waals surface area contributed by atoms with Gasteiger partial charge in [0.2, 0.25) is 0 Å². The van der Waals surface area contributed by atoms with Crippen LogP contribution in [0.2, 0.25) is 0 Å². The zero-order valence-corrected chi connectivity index (χ0v) is 11.9. The van der Waals surface area contributed by atoms with Crippen LogP contribution in [0, 0.1) is 0 Å². The maximum absolute atomic E-state index is 8.51. The lowest BCUT2D eigenvalue weighted by Gasteiger charge is -2.03. The van der Waals surface area contributed by atoms with Crippen molar-refractivity contribution in [2.45, 2.75) is 17.1 Å². The van der Waals surface area contributed by atoms with E-state index in [2.05, 4.69) is 41.6 Å². The molecule has 0 amide bonds. The molecule has 2 nitrogen and oxygen atoms in total. The average Bonchev–Trinajstić information content (AvgIpc) is 2.47. The third-order valence-electron chi connectivity index (χ3n) is 2.63. The van der Waals surface area contributed by atoms with Gasteiger partial charge >= 0.3 is 0 Å². The molecule has 1 N–H and O–H groups in total. The molecule has 0 unspecified atom stereocenters. The molecule has 0 saturated carbocycles. The van der Waals surface area contributed by atoms with Gasteiger partial charge in [-0.15, -0.1) is 11.8 Å². The van der Waals surface area contributed by atoms with Gasteiger partial charge in [0.1, 0.15) is 5.17 Å². The van der Waals surface area contributed by atoms with Gasteiger partial charge < -0.3 is 5.21 Å². The molecule has 4 heteroatoms. The summed E-state index contributed by atoms with van der Waals surface area (Å²) < 4.78 is 0. The first-order valence-corrected chi connectivity index (χ1v) is 7.26. The van der Waals surface area contributed by atoms with Crippen LogP contribution < -0.4 is 0 Å². The third-order valence-corrected chi connectivity index (χ3v) is 3.92. The van der Waals surface area contributed by atoms with Crippen LogP contribution in [0.25, 0.3) is 0 Å². The molecule has 19 heavy (non-hydrogen) atoms. The summed E-state index contributed by atoms with van der Waals surface area (Å²) in [5.74, 6) is 0.957. The molecule has 0 aliphatic heterocycles. The number of halogens is 1. The molecule has 98 valence electrons. The minimum atomic E-state index is 0.199. The molecular weight excluding hydrogens is 278 g/mol. The molecule has 2 rings (SSSR count). The summed E-state index contributed by atoms with van der Waals surface area (Å²) in [5, 5.41) is 11.7. The molecule has 0 spiro atoms. The van der Waals surface area contributed by atoms with Crippen molar-refractivity contribution in [3.63, 3.8) is 0 Å². The normalized spacial score (nSPS) is 11.5. The summed E-state index contributed by atoms with van der Waals surface area (Å²) in [6.07, 6.45) is 0.460. The highest BCUT2D eigenvalue weighted by Crippen LogP contribution is 2.23. The van der Waals surface area contributed by atoms with Crippen LogP contribution in [0.3, 0.4) is 0 Å². The predicted octanol–water partition coefficient (Wildman–Crippen LogP) is 4.55. The lowest BCUT2D eigenvalue weighted by atomic mass is 10.2. The van der Waals surface area contributed by atoms with E-state index in [0.29, 0.717) is 6.42 Å². The molecule has 0 bridgehead atoms. The standard InChI is InChI=1S/C15H14ClNOS/c16-15(17-18)10-12-6-8-14(9-7-12)19-11-13-4-2-1-3-5-13/h1-9,18H,10-11H2/b17-15-. The second-order valence-corrected chi connectivity index (χ2v) is 5.56. The van der Waals surface area contributed by atoms with Crippen LogP contribution in [-0.2, 0) is 12.2 Å². The van der Waals surface area contributed by atoms with Gasteiger partial charge in [-0.3, -0.25) is 0 Å². The number of hydrogen-bond acceptors (Lipinski definition) is 3. The summed E-state index contributed by atoms with van der Waals surface area (Å²) in [7, 11) is 0. The Kier molecular flexibility index (Phi) is 5.31. The van der Waals surface area contributed by atoms with Crippen molar-refractivity contribution in [2.75, 3.05) is 0 Å². The van der Waals surface area contributed by atoms with Gasteiger partial charge in [0, 0.05) is 17.1 Å². The Bertz CT molecular complexity index is 540. The number of rotatable bonds is 5. The fourth-order valence-electron chi connectivity index (χ4n) is 1.65. The summed E-state index contributed by atoms with van der Waals surface area (Å²) in [6.45, 7) is 0. The number of nitrogens with zero attached hydrogens (tertiary/aromatic N) is 1. The van der Waals surface area contributed by atoms with E-state index in [-0.39, 0.29) is 5.17 Å². The minimum absolute atomic E-state index is 0.199. The van der Waals surface area contributed by atoms with E-state index in [9.17, 15) is 0 Å². The fourth-order valence-corrected chi connectivity index (χ4v) is 2.66. The molecule has 0 atom stereocenters. The maximum atomic E-state index is 8.51. The largest absolute Gasteiger partial charge is 0.410 e. The maximum Gasteiger partial charge on any atom is 0.149 e. The highest BCUT2D eigenvalue weighted by atomic mass is 35.5. The van der Waals surface area contributed by atoms with Crippen molar-refractivity contribution in [3.8, 4) is 0 Å². The third kappa shape index (κ3) is 4.62. The molecule has 0 radical (unpaired) electrons. The van der Waals surface area contributed by atoms with E-state index >= 15 is 0 Å². The SMILES string of the molecule is O/N=C(\Cl)Cc1ccc(SCc2ccccc2)cc1. The molecule has 0 saturated heterocycles. The van der Waals surface area contributed by atoms with Gasteiger partial charge in [-0.1, -0.05) is 59.2 Å². The van der Waals surface area contributed by atoms with Crippen LogP contribution >= 0.6 is 23.4 Å². The van der Waals surface area contributed by atoms with Crippen LogP contribution in [0.4, 0.5) is 0 Å². The lowest BCUT2D eigenvalue weighted by molar-refractivity contribution is 0.319. The van der Waals surface area contributed by atoms with Gasteiger partial charge in [0.05, 0.1) is 0 Å². The fraction of sp³-hybridized carbons (Fsp3) is 0.133. The Balaban J connectivity index is 1.92. The van der Waals surface area contributed by atoms with E-state index in [1.54, 1.807) is 11.8 Å². The Morgan fingerprint density at radius 2 is 1.68 bits per heavy atom. The first-order valence-electron chi connectivity index (χ1n) is 5.90. The minimum Gasteiger partial charge on any atom is -0.410 e. The second-order valence-electron chi connectivity index (χ2n) is 4.07. The average molecular weight is 292 g/mol. The summed E-state index contributed by atoms with van der Waals surface area (Å²) in [6, 6.07) is 18.5. The second kappa shape index (κ2) is 7.22. The van der Waals surface area contributed by atoms with Crippen molar-refractivity contribution < 1.29 is 5.21 Å². The molecule has 0 aliphatic carbocycles. The van der Waals surface area contributed by atoms with E-state index in [4.69, 9.17) is 16.8 Å². The Labute approximate surface area is 122 Å². The molecule has 0 fully saturated rings. The molecule has 2 aromatic carbocycles. The number of hydrogen-bond donors (Lipinski definition) is 1. The Morgan fingerprint density at radius 3 is 2.32 bits per heavy atom. The summed E-state index contributed by atoms with van der Waals surface area (Å²) in [4.78, 5) is 1.21. The Hall–Kier alpha value is -1.45. The number of oxime groups is 1. The first kappa shape index (κ1) is 14.0. The van der Waals surface area contributed by atoms with Crippen molar-refractivity contribution in [2.24, 2.45) is 5.16 Å². The van der Waals surface area contributed by atoms with Gasteiger partial charge in [-0.2, -0.15) is 0 Å². The van der Waals surface area contributed by atoms with Crippen molar-refractivity contribution >= 4 is 28.5 Å². The number of thioether (sulfide) groups is 1. The van der Waals surface area contributed by atoms with E-state index in [1.807, 2.05) is 18.2 Å². The van der Waals surface area contributed by atoms with Crippen LogP contribution in [-0.4, -0.2) is 10.4 Å². The van der Waals surface area contributed by atoms with Crippen LogP contribution in [0.15, 0.2) is 64.6 Å². The first-order chi connectivity index (χ1) is 9.28. The predicted molar refractivity (Wildman–Crippen MR) is 81.2 cm³/mol. The molecule has 0 aliphatic rings. The van der Waals surface area contributed by atoms with E-state index in [1.165, 1.54) is 10.5 Å². The van der Waals surface area contributed by atoms with Crippen molar-refractivity contribution in [3.05, 3.63) is 65.7 Å². The smallest absolute Gasteiger partial charge is 0.149 e. The van der Waals surface area contributed by atoms with Gasteiger partial charge in [-0.25, -0.2) is 0 Å². The monoisotopic (exact) mass is 291 g/mol. The zero-order chi connectivity index (χ0) is 13.5. The van der Waals surface area contributed by atoms with Crippen molar-refractivity contribution in [1.82, 2.24) is 0 Å². The van der Waals surface area contributed by atoms with Crippen LogP contribution in [0.5, 0.6) is 0 Å². The van der Waals surface area contributed by atoms with Gasteiger partial charge in [0.25, 0.3) is 0 Å². The number of benzene rings is 2. The molecule has 0 heterocycles. The van der Waals surface area contributed by atoms with Crippen LogP contribution in [0.1, 0.15) is 11.1 Å². The summed E-state index contributed by atoms with van der Waals surface area (Å²) >= 11 is 7.47. The zero-order valence-electron chi connectivity index (χ0n) is 10.3. The highest BCUT2D eigenvalue weighted by Gasteiger charge is 2.00.